The van der Waals surface area contributed by atoms with Crippen LogP contribution >= 0.6 is 0 Å². The SMILES string of the molecule is COc1cc(C[C@H](C#N)C(OC)OC)cc(OC)c1OC. The van der Waals surface area contributed by atoms with Gasteiger partial charge in [-0.3, -0.25) is 0 Å². The molecule has 1 rings (SSSR count). The Morgan fingerprint density at radius 3 is 1.81 bits per heavy atom. The maximum Gasteiger partial charge on any atom is 0.203 e. The fraction of sp³-hybridized carbons (Fsp3) is 0.533. The number of ether oxygens (including phenoxy) is 5. The van der Waals surface area contributed by atoms with Crippen LogP contribution in [0.15, 0.2) is 12.1 Å². The molecule has 0 N–H and O–H groups in total. The van der Waals surface area contributed by atoms with Gasteiger partial charge in [-0.25, -0.2) is 0 Å². The summed E-state index contributed by atoms with van der Waals surface area (Å²) in [4.78, 5) is 0. The Bertz CT molecular complexity index is 468. The molecule has 0 fully saturated rings. The topological polar surface area (TPSA) is 69.9 Å². The summed E-state index contributed by atoms with van der Waals surface area (Å²) in [5.74, 6) is 1.18. The van der Waals surface area contributed by atoms with Crippen molar-refractivity contribution in [2.24, 2.45) is 5.92 Å². The fourth-order valence-electron chi connectivity index (χ4n) is 2.13. The highest BCUT2D eigenvalue weighted by molar-refractivity contribution is 5.54. The molecular formula is C15H21NO5. The maximum absolute atomic E-state index is 9.28. The van der Waals surface area contributed by atoms with Gasteiger partial charge in [0.2, 0.25) is 5.75 Å². The van der Waals surface area contributed by atoms with Gasteiger partial charge in [0.15, 0.2) is 17.8 Å². The summed E-state index contributed by atoms with van der Waals surface area (Å²) in [5, 5.41) is 9.28. The molecule has 21 heavy (non-hydrogen) atoms. The highest BCUT2D eigenvalue weighted by atomic mass is 16.7. The molecule has 0 aromatic heterocycles. The number of nitrogens with zero attached hydrogens (tertiary/aromatic N) is 1. The van der Waals surface area contributed by atoms with Gasteiger partial charge in [-0.15, -0.1) is 0 Å². The molecule has 0 unspecified atom stereocenters. The van der Waals surface area contributed by atoms with Crippen LogP contribution < -0.4 is 14.2 Å². The number of rotatable bonds is 8. The van der Waals surface area contributed by atoms with Gasteiger partial charge in [0.1, 0.15) is 5.92 Å². The minimum Gasteiger partial charge on any atom is -0.493 e. The first kappa shape index (κ1) is 17.1. The van der Waals surface area contributed by atoms with Crippen molar-refractivity contribution in [1.82, 2.24) is 0 Å². The molecule has 0 bridgehead atoms. The number of nitriles is 1. The summed E-state index contributed by atoms with van der Waals surface area (Å²) >= 11 is 0. The van der Waals surface area contributed by atoms with E-state index in [1.807, 2.05) is 12.1 Å². The average Bonchev–Trinajstić information content (AvgIpc) is 2.53. The van der Waals surface area contributed by atoms with Crippen LogP contribution in [0.3, 0.4) is 0 Å². The second-order valence-electron chi connectivity index (χ2n) is 4.31. The van der Waals surface area contributed by atoms with E-state index < -0.39 is 12.2 Å². The van der Waals surface area contributed by atoms with Crippen molar-refractivity contribution in [2.75, 3.05) is 35.5 Å². The molecule has 0 heterocycles. The predicted molar refractivity (Wildman–Crippen MR) is 76.7 cm³/mol. The quantitative estimate of drug-likeness (QED) is 0.683. The summed E-state index contributed by atoms with van der Waals surface area (Å²) in [6.45, 7) is 0. The van der Waals surface area contributed by atoms with Crippen molar-refractivity contribution in [3.05, 3.63) is 17.7 Å². The van der Waals surface area contributed by atoms with E-state index in [9.17, 15) is 5.26 Å². The second kappa shape index (κ2) is 8.35. The van der Waals surface area contributed by atoms with Crippen LogP contribution in [0.2, 0.25) is 0 Å². The van der Waals surface area contributed by atoms with Crippen LogP contribution in [0, 0.1) is 17.2 Å². The van der Waals surface area contributed by atoms with Crippen LogP contribution in [0.25, 0.3) is 0 Å². The zero-order valence-electron chi connectivity index (χ0n) is 13.0. The molecule has 1 atom stereocenters. The number of benzene rings is 1. The summed E-state index contributed by atoms with van der Waals surface area (Å²) in [5.41, 5.74) is 0.871. The maximum atomic E-state index is 9.28. The van der Waals surface area contributed by atoms with E-state index in [4.69, 9.17) is 23.7 Å². The normalized spacial score (nSPS) is 11.9. The first-order valence-electron chi connectivity index (χ1n) is 6.39. The Hall–Kier alpha value is -1.97. The molecule has 0 amide bonds. The van der Waals surface area contributed by atoms with Gasteiger partial charge in [-0.1, -0.05) is 0 Å². The third-order valence-electron chi connectivity index (χ3n) is 3.14. The number of hydrogen-bond acceptors (Lipinski definition) is 6. The standard InChI is InChI=1S/C15H21NO5/c1-17-12-7-10(8-13(18-2)14(12)19-3)6-11(9-16)15(20-4)21-5/h7-8,11,15H,6H2,1-5H3/t11-/m1/s1. The monoisotopic (exact) mass is 295 g/mol. The van der Waals surface area contributed by atoms with Crippen LogP contribution in [0.5, 0.6) is 17.2 Å². The molecule has 116 valence electrons. The van der Waals surface area contributed by atoms with Gasteiger partial charge in [-0.2, -0.15) is 5.26 Å². The summed E-state index contributed by atoms with van der Waals surface area (Å²) in [6, 6.07) is 5.82. The molecular weight excluding hydrogens is 274 g/mol. The number of methoxy groups -OCH3 is 5. The second-order valence-corrected chi connectivity index (χ2v) is 4.31. The van der Waals surface area contributed by atoms with E-state index in [1.165, 1.54) is 14.2 Å². The van der Waals surface area contributed by atoms with Crippen molar-refractivity contribution in [1.29, 1.82) is 5.26 Å². The lowest BCUT2D eigenvalue weighted by Gasteiger charge is -2.20. The van der Waals surface area contributed by atoms with Crippen molar-refractivity contribution < 1.29 is 23.7 Å². The Kier molecular flexibility index (Phi) is 6.79. The smallest absolute Gasteiger partial charge is 0.203 e. The van der Waals surface area contributed by atoms with Crippen molar-refractivity contribution in [3.63, 3.8) is 0 Å². The first-order chi connectivity index (χ1) is 10.1. The lowest BCUT2D eigenvalue weighted by atomic mass is 9.99. The zero-order valence-corrected chi connectivity index (χ0v) is 13.0. The van der Waals surface area contributed by atoms with E-state index in [0.717, 1.165) is 5.56 Å². The van der Waals surface area contributed by atoms with Crippen molar-refractivity contribution in [2.45, 2.75) is 12.7 Å². The van der Waals surface area contributed by atoms with Crippen molar-refractivity contribution in [3.8, 4) is 23.3 Å². The van der Waals surface area contributed by atoms with Gasteiger partial charge in [0.25, 0.3) is 0 Å². The molecule has 0 radical (unpaired) electrons. The molecule has 1 aromatic carbocycles. The molecule has 0 aliphatic rings. The highest BCUT2D eigenvalue weighted by Crippen LogP contribution is 2.38. The molecule has 0 aliphatic heterocycles. The molecule has 6 heteroatoms. The molecule has 1 aromatic rings. The van der Waals surface area contributed by atoms with E-state index in [-0.39, 0.29) is 0 Å². The van der Waals surface area contributed by atoms with Gasteiger partial charge in [-0.05, 0) is 24.1 Å². The molecule has 0 saturated carbocycles. The fourth-order valence-corrected chi connectivity index (χ4v) is 2.13. The summed E-state index contributed by atoms with van der Waals surface area (Å²) in [6.07, 6.45) is -0.145. The lowest BCUT2D eigenvalue weighted by molar-refractivity contribution is -0.124. The Labute approximate surface area is 125 Å². The van der Waals surface area contributed by atoms with Gasteiger partial charge in [0.05, 0.1) is 27.4 Å². The average molecular weight is 295 g/mol. The Morgan fingerprint density at radius 1 is 0.952 bits per heavy atom. The minimum absolute atomic E-state index is 0.442. The zero-order chi connectivity index (χ0) is 15.8. The van der Waals surface area contributed by atoms with E-state index in [2.05, 4.69) is 6.07 Å². The predicted octanol–water partition coefficient (Wildman–Crippen LogP) is 2.01. The van der Waals surface area contributed by atoms with Crippen LogP contribution in [0.4, 0.5) is 0 Å². The third kappa shape index (κ3) is 4.00. The van der Waals surface area contributed by atoms with Crippen LogP contribution in [-0.4, -0.2) is 41.8 Å². The van der Waals surface area contributed by atoms with Crippen molar-refractivity contribution >= 4 is 0 Å². The summed E-state index contributed by atoms with van der Waals surface area (Å²) < 4.78 is 26.2. The van der Waals surface area contributed by atoms with Crippen LogP contribution in [0.1, 0.15) is 5.56 Å². The van der Waals surface area contributed by atoms with Gasteiger partial charge in [0, 0.05) is 14.2 Å². The minimum atomic E-state index is -0.589. The molecule has 0 saturated heterocycles. The van der Waals surface area contributed by atoms with Crippen LogP contribution in [-0.2, 0) is 15.9 Å². The largest absolute Gasteiger partial charge is 0.493 e. The Balaban J connectivity index is 3.11. The van der Waals surface area contributed by atoms with Gasteiger partial charge < -0.3 is 23.7 Å². The third-order valence-corrected chi connectivity index (χ3v) is 3.14. The molecule has 6 nitrogen and oxygen atoms in total. The van der Waals surface area contributed by atoms with Gasteiger partial charge >= 0.3 is 0 Å². The summed E-state index contributed by atoms with van der Waals surface area (Å²) in [7, 11) is 7.66. The molecule has 0 aliphatic carbocycles. The Morgan fingerprint density at radius 2 is 1.48 bits per heavy atom. The molecule has 0 spiro atoms. The first-order valence-corrected chi connectivity index (χ1v) is 6.39. The lowest BCUT2D eigenvalue weighted by Crippen LogP contribution is -2.25. The van der Waals surface area contributed by atoms with E-state index >= 15 is 0 Å². The van der Waals surface area contributed by atoms with E-state index in [1.54, 1.807) is 21.3 Å². The highest BCUT2D eigenvalue weighted by Gasteiger charge is 2.23. The number of hydrogen-bond donors (Lipinski definition) is 0. The van der Waals surface area contributed by atoms with E-state index in [0.29, 0.717) is 23.7 Å².